The number of carbonyl (C=O) groups is 1. The Labute approximate surface area is 300 Å². The van der Waals surface area contributed by atoms with Crippen molar-refractivity contribution in [1.29, 1.82) is 0 Å². The predicted octanol–water partition coefficient (Wildman–Crippen LogP) is 4.26. The number of nitrogens with one attached hydrogen (secondary N) is 2. The van der Waals surface area contributed by atoms with E-state index in [1.165, 1.54) is 34.8 Å². The Morgan fingerprint density at radius 3 is 2.61 bits per heavy atom. The highest BCUT2D eigenvalue weighted by atomic mass is 32.1. The number of aliphatic hydroxyl groups is 2. The molecule has 1 atom stereocenters. The number of H-pyrrole nitrogens is 1. The maximum absolute atomic E-state index is 13.4. The zero-order valence-corrected chi connectivity index (χ0v) is 29.3. The Morgan fingerprint density at radius 2 is 1.86 bits per heavy atom. The summed E-state index contributed by atoms with van der Waals surface area (Å²) < 4.78 is 7.86. The molecule has 0 bridgehead atoms. The number of phenolic OH excluding ortho intramolecular Hbond substituents is 1. The zero-order valence-electron chi connectivity index (χ0n) is 27.7. The van der Waals surface area contributed by atoms with Crippen LogP contribution in [0, 0.1) is 5.41 Å². The van der Waals surface area contributed by atoms with E-state index < -0.39 is 17.7 Å². The van der Waals surface area contributed by atoms with Gasteiger partial charge in [-0.05, 0) is 89.5 Å². The zero-order chi connectivity index (χ0) is 35.2. The molecular weight excluding hydrogens is 689 g/mol. The first-order valence-corrected chi connectivity index (χ1v) is 18.8. The molecule has 5 N–H and O–H groups in total. The highest BCUT2D eigenvalue weighted by Crippen LogP contribution is 2.50. The number of esters is 1. The minimum atomic E-state index is -1.78. The fraction of sp³-hybridized carbons (Fsp3) is 0.351. The third-order valence-corrected chi connectivity index (χ3v) is 12.3. The number of carbonyl (C=O) groups excluding carboxylic acids is 1. The number of aromatic hydroxyl groups is 1. The first kappa shape index (κ1) is 33.7. The van der Waals surface area contributed by atoms with Crippen LogP contribution in [-0.2, 0) is 28.2 Å². The number of aliphatic hydroxyl groups excluding tert-OH is 1. The molecule has 5 heterocycles. The molecule has 2 fully saturated rings. The first-order valence-electron chi connectivity index (χ1n) is 17.0. The van der Waals surface area contributed by atoms with Gasteiger partial charge in [-0.2, -0.15) is 0 Å². The molecule has 1 saturated carbocycles. The van der Waals surface area contributed by atoms with Crippen LogP contribution in [0.3, 0.4) is 0 Å². The Hall–Kier alpha value is -4.44. The van der Waals surface area contributed by atoms with E-state index in [1.54, 1.807) is 24.3 Å². The summed E-state index contributed by atoms with van der Waals surface area (Å²) in [5.74, 6) is -0.640. The first-order chi connectivity index (χ1) is 24.7. The summed E-state index contributed by atoms with van der Waals surface area (Å²) in [6.07, 6.45) is 1.60. The molecule has 264 valence electrons. The van der Waals surface area contributed by atoms with Gasteiger partial charge in [0.05, 0.1) is 33.4 Å². The second-order valence-corrected chi connectivity index (χ2v) is 15.6. The van der Waals surface area contributed by atoms with Crippen LogP contribution in [-0.4, -0.2) is 78.4 Å². The van der Waals surface area contributed by atoms with Gasteiger partial charge in [0.15, 0.2) is 0 Å². The monoisotopic (exact) mass is 726 g/mol. The second kappa shape index (κ2) is 13.6. The molecule has 51 heavy (non-hydrogen) atoms. The number of hydrogen-bond donors (Lipinski definition) is 5. The van der Waals surface area contributed by atoms with Crippen LogP contribution in [0.15, 0.2) is 82.3 Å². The quantitative estimate of drug-likeness (QED) is 0.115. The summed E-state index contributed by atoms with van der Waals surface area (Å²) in [5, 5.41) is 49.0. The van der Waals surface area contributed by atoms with Crippen LogP contribution in [0.25, 0.3) is 21.9 Å². The van der Waals surface area contributed by atoms with E-state index in [1.807, 2.05) is 45.8 Å². The molecule has 2 aromatic carbocycles. The lowest BCUT2D eigenvalue weighted by Gasteiger charge is -2.45. The molecule has 0 amide bonds. The maximum atomic E-state index is 13.4. The molecule has 4 aromatic heterocycles. The minimum Gasteiger partial charge on any atom is -0.506 e. The Kier molecular flexibility index (Phi) is 8.98. The minimum absolute atomic E-state index is 0.0420. The van der Waals surface area contributed by atoms with Gasteiger partial charge < -0.3 is 35.3 Å². The number of nitrogens with zero attached hydrogens (tertiary/aromatic N) is 4. The highest BCUT2D eigenvalue weighted by molar-refractivity contribution is 7.12. The fourth-order valence-corrected chi connectivity index (χ4v) is 9.33. The number of phenols is 1. The molecule has 0 unspecified atom stereocenters. The van der Waals surface area contributed by atoms with Crippen LogP contribution in [0.1, 0.15) is 46.2 Å². The predicted molar refractivity (Wildman–Crippen MR) is 195 cm³/mol. The number of pyridine rings is 1. The number of likely N-dealkylation sites (tertiary alicyclic amines) is 1. The van der Waals surface area contributed by atoms with Gasteiger partial charge in [-0.1, -0.05) is 29.5 Å². The summed E-state index contributed by atoms with van der Waals surface area (Å²) in [6.45, 7) is 4.24. The largest absolute Gasteiger partial charge is 0.506 e. The second-order valence-electron chi connectivity index (χ2n) is 13.7. The van der Waals surface area contributed by atoms with Gasteiger partial charge in [0.1, 0.15) is 17.4 Å². The third-order valence-electron chi connectivity index (χ3n) is 10.3. The van der Waals surface area contributed by atoms with Crippen LogP contribution in [0.2, 0.25) is 0 Å². The summed E-state index contributed by atoms with van der Waals surface area (Å²) in [6, 6.07) is 19.4. The van der Waals surface area contributed by atoms with Crippen molar-refractivity contribution in [2.45, 2.75) is 50.2 Å². The van der Waals surface area contributed by atoms with Crippen molar-refractivity contribution in [2.75, 3.05) is 26.2 Å². The highest BCUT2D eigenvalue weighted by Gasteiger charge is 2.52. The Balaban J connectivity index is 0.819. The Morgan fingerprint density at radius 1 is 1.08 bits per heavy atom. The van der Waals surface area contributed by atoms with E-state index in [4.69, 9.17) is 4.74 Å². The number of aromatic nitrogens is 4. The number of benzene rings is 2. The molecule has 1 spiro atoms. The molecule has 1 aliphatic carbocycles. The number of thiophene rings is 2. The van der Waals surface area contributed by atoms with E-state index in [9.17, 15) is 24.9 Å². The van der Waals surface area contributed by atoms with E-state index >= 15 is 0 Å². The normalized spacial score (nSPS) is 19.9. The van der Waals surface area contributed by atoms with Crippen LogP contribution in [0.4, 0.5) is 0 Å². The fourth-order valence-electron chi connectivity index (χ4n) is 7.61. The van der Waals surface area contributed by atoms with Gasteiger partial charge >= 0.3 is 5.97 Å². The summed E-state index contributed by atoms with van der Waals surface area (Å²) in [5.41, 5.74) is 1.71. The molecule has 14 heteroatoms. The van der Waals surface area contributed by atoms with Crippen LogP contribution >= 0.6 is 22.7 Å². The molecule has 2 aliphatic rings. The Bertz CT molecular complexity index is 2190. The number of ether oxygens (including phenoxy) is 1. The molecule has 6 aromatic rings. The lowest BCUT2D eigenvalue weighted by atomic mass is 9.66. The van der Waals surface area contributed by atoms with Crippen LogP contribution in [0.5, 0.6) is 5.75 Å². The average molecular weight is 727 g/mol. The van der Waals surface area contributed by atoms with Crippen molar-refractivity contribution < 1.29 is 24.9 Å². The van der Waals surface area contributed by atoms with E-state index in [0.29, 0.717) is 39.3 Å². The SMILES string of the molecule is O=C(OC1CC2(CCN(CCn3nnc4cc(CNC[C@H](O)c5ccc(O)c6[nH]c(=O)ccc56)ccc43)C2)C1)C(O)(c1cccs1)c1cccs1. The molecular formula is C37H38N6O6S2. The maximum Gasteiger partial charge on any atom is 0.349 e. The molecule has 12 nitrogen and oxygen atoms in total. The van der Waals surface area contributed by atoms with Gasteiger partial charge in [0, 0.05) is 37.6 Å². The smallest absolute Gasteiger partial charge is 0.349 e. The molecule has 8 rings (SSSR count). The van der Waals surface area contributed by atoms with Crippen molar-refractivity contribution in [2.24, 2.45) is 5.41 Å². The van der Waals surface area contributed by atoms with Crippen LogP contribution < -0.4 is 10.9 Å². The average Bonchev–Trinajstić information content (AvgIpc) is 3.95. The number of aromatic amines is 1. The lowest BCUT2D eigenvalue weighted by Crippen LogP contribution is -2.48. The lowest BCUT2D eigenvalue weighted by molar-refractivity contribution is -0.178. The van der Waals surface area contributed by atoms with Crippen molar-refractivity contribution in [3.8, 4) is 5.75 Å². The van der Waals surface area contributed by atoms with Gasteiger partial charge in [-0.15, -0.1) is 27.8 Å². The number of rotatable bonds is 12. The van der Waals surface area contributed by atoms with E-state index in [0.717, 1.165) is 55.5 Å². The molecule has 0 radical (unpaired) electrons. The topological polar surface area (TPSA) is 166 Å². The van der Waals surface area contributed by atoms with Gasteiger partial charge in [-0.25, -0.2) is 9.48 Å². The van der Waals surface area contributed by atoms with E-state index in [2.05, 4.69) is 25.5 Å². The molecule has 1 saturated heterocycles. The summed E-state index contributed by atoms with van der Waals surface area (Å²) >= 11 is 2.70. The van der Waals surface area contributed by atoms with Crippen molar-refractivity contribution >= 4 is 50.6 Å². The van der Waals surface area contributed by atoms with E-state index in [-0.39, 0.29) is 29.4 Å². The third kappa shape index (κ3) is 6.47. The summed E-state index contributed by atoms with van der Waals surface area (Å²) in [7, 11) is 0. The number of hydrogen-bond acceptors (Lipinski definition) is 12. The van der Waals surface area contributed by atoms with Crippen molar-refractivity contribution in [3.05, 3.63) is 109 Å². The van der Waals surface area contributed by atoms with Gasteiger partial charge in [0.2, 0.25) is 11.2 Å². The standard InChI is InChI=1S/C37H38N6O6S2/c44-29-9-6-25(26-7-10-33(46)39-34(26)29)30(45)21-38-20-23-5-8-28-27(17-23)40-41-43(28)14-13-42-12-11-36(22-42)18-24(19-36)49-35(47)37(48,31-3-1-15-50-31)32-4-2-16-51-32/h1-10,15-17,24,30,38,44-45,48H,11-14,18-22H2,(H,39,46)/t24?,30-,36?/m0/s1. The van der Waals surface area contributed by atoms with Gasteiger partial charge in [-0.3, -0.25) is 4.79 Å². The molecule has 1 aliphatic heterocycles. The van der Waals surface area contributed by atoms with Gasteiger partial charge in [0.25, 0.3) is 0 Å². The van der Waals surface area contributed by atoms with Crippen molar-refractivity contribution in [3.63, 3.8) is 0 Å². The number of fused-ring (bicyclic) bond motifs is 2. The van der Waals surface area contributed by atoms with Crippen molar-refractivity contribution in [1.82, 2.24) is 30.2 Å². The summed E-state index contributed by atoms with van der Waals surface area (Å²) in [4.78, 5) is 31.3.